The van der Waals surface area contributed by atoms with Crippen LogP contribution in [0.2, 0.25) is 0 Å². The summed E-state index contributed by atoms with van der Waals surface area (Å²) in [5.74, 6) is 0.303. The van der Waals surface area contributed by atoms with Crippen LogP contribution in [0, 0.1) is 0 Å². The first-order valence-corrected chi connectivity index (χ1v) is 7.17. The second-order valence-corrected chi connectivity index (χ2v) is 4.95. The molecular weight excluding hydrogens is 258 g/mol. The van der Waals surface area contributed by atoms with E-state index in [1.165, 1.54) is 10.9 Å². The molecule has 0 saturated heterocycles. The Kier molecular flexibility index (Phi) is 3.69. The molecule has 0 unspecified atom stereocenters. The summed E-state index contributed by atoms with van der Waals surface area (Å²) in [7, 11) is 0. The molecule has 0 spiro atoms. The van der Waals surface area contributed by atoms with Gasteiger partial charge in [-0.25, -0.2) is 0 Å². The van der Waals surface area contributed by atoms with Crippen molar-refractivity contribution >= 4 is 23.1 Å². The number of aromatic nitrogens is 1. The van der Waals surface area contributed by atoms with Crippen molar-refractivity contribution < 1.29 is 9.67 Å². The fraction of sp³-hybridized carbons (Fsp3) is 0.105. The number of nitrogens with zero attached hydrogens (tertiary/aromatic N) is 1. The smallest absolute Gasteiger partial charge is 0.212 e. The van der Waals surface area contributed by atoms with Gasteiger partial charge in [-0.3, -0.25) is 0 Å². The molecule has 1 aromatic heterocycles. The SMILES string of the molecule is CC[n+]1c(C=Cc2ccccc2O)ccc2ccccc21. The van der Waals surface area contributed by atoms with Crippen molar-refractivity contribution in [3.8, 4) is 5.75 Å². The number of para-hydroxylation sites is 2. The van der Waals surface area contributed by atoms with Crippen LogP contribution >= 0.6 is 0 Å². The Balaban J connectivity index is 2.07. The zero-order valence-electron chi connectivity index (χ0n) is 12.0. The lowest BCUT2D eigenvalue weighted by molar-refractivity contribution is -0.669. The molecule has 3 rings (SSSR count). The first-order chi connectivity index (χ1) is 10.3. The van der Waals surface area contributed by atoms with E-state index >= 15 is 0 Å². The second-order valence-electron chi connectivity index (χ2n) is 4.95. The monoisotopic (exact) mass is 276 g/mol. The molecule has 2 aromatic carbocycles. The molecule has 0 aliphatic rings. The maximum absolute atomic E-state index is 9.83. The van der Waals surface area contributed by atoms with Gasteiger partial charge in [0.15, 0.2) is 0 Å². The van der Waals surface area contributed by atoms with Gasteiger partial charge in [0.05, 0.1) is 0 Å². The van der Waals surface area contributed by atoms with Gasteiger partial charge in [-0.2, -0.15) is 4.57 Å². The van der Waals surface area contributed by atoms with Crippen molar-refractivity contribution in [3.05, 3.63) is 71.9 Å². The Morgan fingerprint density at radius 3 is 2.48 bits per heavy atom. The van der Waals surface area contributed by atoms with Crippen LogP contribution in [0.25, 0.3) is 23.1 Å². The average Bonchev–Trinajstić information content (AvgIpc) is 2.53. The highest BCUT2D eigenvalue weighted by molar-refractivity contribution is 5.77. The van der Waals surface area contributed by atoms with E-state index in [9.17, 15) is 5.11 Å². The van der Waals surface area contributed by atoms with Gasteiger partial charge >= 0.3 is 0 Å². The molecule has 104 valence electrons. The predicted molar refractivity (Wildman–Crippen MR) is 86.9 cm³/mol. The molecule has 0 saturated carbocycles. The summed E-state index contributed by atoms with van der Waals surface area (Å²) in [5, 5.41) is 11.1. The third kappa shape index (κ3) is 2.65. The number of hydrogen-bond donors (Lipinski definition) is 1. The Labute approximate surface area is 124 Å². The summed E-state index contributed by atoms with van der Waals surface area (Å²) in [4.78, 5) is 0. The maximum Gasteiger partial charge on any atom is 0.212 e. The van der Waals surface area contributed by atoms with E-state index in [0.29, 0.717) is 5.75 Å². The largest absolute Gasteiger partial charge is 0.507 e. The summed E-state index contributed by atoms with van der Waals surface area (Å²) in [6, 6.07) is 20.0. The van der Waals surface area contributed by atoms with Crippen LogP contribution in [-0.2, 0) is 6.54 Å². The number of aromatic hydroxyl groups is 1. The average molecular weight is 276 g/mol. The van der Waals surface area contributed by atoms with Gasteiger partial charge in [0.2, 0.25) is 11.2 Å². The molecule has 1 N–H and O–H groups in total. The van der Waals surface area contributed by atoms with Crippen molar-refractivity contribution in [2.24, 2.45) is 0 Å². The number of fused-ring (bicyclic) bond motifs is 1. The van der Waals surface area contributed by atoms with Gasteiger partial charge in [0.1, 0.15) is 12.3 Å². The summed E-state index contributed by atoms with van der Waals surface area (Å²) in [5.41, 5.74) is 3.17. The fourth-order valence-electron chi connectivity index (χ4n) is 2.58. The third-order valence-corrected chi connectivity index (χ3v) is 3.66. The maximum atomic E-state index is 9.83. The first-order valence-electron chi connectivity index (χ1n) is 7.17. The normalized spacial score (nSPS) is 11.3. The summed E-state index contributed by atoms with van der Waals surface area (Å²) in [6.07, 6.45) is 4.00. The van der Waals surface area contributed by atoms with E-state index in [4.69, 9.17) is 0 Å². The molecule has 3 aromatic rings. The van der Waals surface area contributed by atoms with Crippen molar-refractivity contribution in [1.29, 1.82) is 0 Å². The van der Waals surface area contributed by atoms with Gasteiger partial charge in [0.25, 0.3) is 0 Å². The van der Waals surface area contributed by atoms with Crippen LogP contribution in [-0.4, -0.2) is 5.11 Å². The van der Waals surface area contributed by atoms with E-state index in [-0.39, 0.29) is 0 Å². The number of aryl methyl sites for hydroxylation is 1. The van der Waals surface area contributed by atoms with Crippen molar-refractivity contribution in [3.63, 3.8) is 0 Å². The van der Waals surface area contributed by atoms with Gasteiger partial charge in [-0.1, -0.05) is 30.3 Å². The molecule has 1 heterocycles. The predicted octanol–water partition coefficient (Wildman–Crippen LogP) is 4.02. The van der Waals surface area contributed by atoms with E-state index in [1.54, 1.807) is 6.07 Å². The molecule has 0 fully saturated rings. The standard InChI is InChI=1S/C19H17NO/c1-2-20-17(13-11-15-7-3-5-9-18(15)20)14-12-16-8-4-6-10-19(16)21/h3-14H,2H2,1H3/p+1. The molecule has 0 aliphatic carbocycles. The van der Waals surface area contributed by atoms with Crippen molar-refractivity contribution in [2.45, 2.75) is 13.5 Å². The minimum atomic E-state index is 0.303. The molecular formula is C19H18NO+. The summed E-state index contributed by atoms with van der Waals surface area (Å²) < 4.78 is 2.27. The molecule has 0 bridgehead atoms. The molecule has 0 atom stereocenters. The van der Waals surface area contributed by atoms with Crippen molar-refractivity contribution in [2.75, 3.05) is 0 Å². The number of hydrogen-bond acceptors (Lipinski definition) is 1. The summed E-state index contributed by atoms with van der Waals surface area (Å²) in [6.45, 7) is 3.05. The van der Waals surface area contributed by atoms with Crippen LogP contribution < -0.4 is 4.57 Å². The molecule has 2 nitrogen and oxygen atoms in total. The molecule has 0 aliphatic heterocycles. The van der Waals surface area contributed by atoms with Crippen LogP contribution in [0.5, 0.6) is 5.75 Å². The van der Waals surface area contributed by atoms with Crippen LogP contribution in [0.4, 0.5) is 0 Å². The highest BCUT2D eigenvalue weighted by Gasteiger charge is 2.11. The lowest BCUT2D eigenvalue weighted by atomic mass is 10.1. The number of rotatable bonds is 3. The number of phenolic OH excluding ortho intramolecular Hbond substituents is 1. The third-order valence-electron chi connectivity index (χ3n) is 3.66. The highest BCUT2D eigenvalue weighted by atomic mass is 16.3. The van der Waals surface area contributed by atoms with Crippen LogP contribution in [0.1, 0.15) is 18.2 Å². The highest BCUT2D eigenvalue weighted by Crippen LogP contribution is 2.18. The lowest BCUT2D eigenvalue weighted by Gasteiger charge is -2.03. The number of pyridine rings is 1. The zero-order valence-corrected chi connectivity index (χ0v) is 12.0. The minimum absolute atomic E-state index is 0.303. The Morgan fingerprint density at radius 1 is 0.905 bits per heavy atom. The Hall–Kier alpha value is -2.61. The molecule has 0 amide bonds. The number of phenols is 1. The van der Waals surface area contributed by atoms with Crippen LogP contribution in [0.15, 0.2) is 60.7 Å². The van der Waals surface area contributed by atoms with E-state index in [2.05, 4.69) is 47.9 Å². The Morgan fingerprint density at radius 2 is 1.67 bits per heavy atom. The lowest BCUT2D eigenvalue weighted by Crippen LogP contribution is -2.36. The van der Waals surface area contributed by atoms with E-state index in [0.717, 1.165) is 17.8 Å². The second kappa shape index (κ2) is 5.80. The quantitative estimate of drug-likeness (QED) is 0.718. The Bertz CT molecular complexity index is 806. The van der Waals surface area contributed by atoms with Gasteiger partial charge in [0, 0.05) is 29.2 Å². The van der Waals surface area contributed by atoms with Gasteiger partial charge in [-0.05, 0) is 31.2 Å². The first kappa shape index (κ1) is 13.4. The zero-order chi connectivity index (χ0) is 14.7. The fourth-order valence-corrected chi connectivity index (χ4v) is 2.58. The minimum Gasteiger partial charge on any atom is -0.507 e. The molecule has 0 radical (unpaired) electrons. The van der Waals surface area contributed by atoms with Crippen LogP contribution in [0.3, 0.4) is 0 Å². The molecule has 21 heavy (non-hydrogen) atoms. The molecule has 2 heteroatoms. The number of benzene rings is 2. The van der Waals surface area contributed by atoms with Gasteiger partial charge < -0.3 is 5.11 Å². The van der Waals surface area contributed by atoms with Crippen molar-refractivity contribution in [1.82, 2.24) is 0 Å². The topological polar surface area (TPSA) is 24.1 Å². The van der Waals surface area contributed by atoms with Gasteiger partial charge in [-0.15, -0.1) is 0 Å². The van der Waals surface area contributed by atoms with E-state index in [1.807, 2.05) is 30.4 Å². The summed E-state index contributed by atoms with van der Waals surface area (Å²) >= 11 is 0. The van der Waals surface area contributed by atoms with E-state index < -0.39 is 0 Å².